The third-order valence-electron chi connectivity index (χ3n) is 7.83. The Labute approximate surface area is 230 Å². The molecule has 1 aromatic heterocycles. The molecule has 1 aliphatic carbocycles. The molecule has 1 fully saturated rings. The number of nitrogens with one attached hydrogen (secondary N) is 1. The van der Waals surface area contributed by atoms with E-state index in [2.05, 4.69) is 22.4 Å². The molecule has 0 saturated carbocycles. The van der Waals surface area contributed by atoms with Gasteiger partial charge in [0.15, 0.2) is 17.3 Å². The Morgan fingerprint density at radius 1 is 1.10 bits per heavy atom. The number of hydrogen-bond donors (Lipinski definition) is 1. The third-order valence-corrected chi connectivity index (χ3v) is 7.83. The number of amides is 2. The molecule has 2 heterocycles. The van der Waals surface area contributed by atoms with Crippen LogP contribution in [0.25, 0.3) is 11.1 Å². The van der Waals surface area contributed by atoms with Crippen LogP contribution in [0.5, 0.6) is 0 Å². The molecule has 3 atom stereocenters. The predicted molar refractivity (Wildman–Crippen MR) is 150 cm³/mol. The van der Waals surface area contributed by atoms with Gasteiger partial charge in [0, 0.05) is 13.3 Å². The van der Waals surface area contributed by atoms with E-state index >= 15 is 0 Å². The Kier molecular flexibility index (Phi) is 7.12. The van der Waals surface area contributed by atoms with Gasteiger partial charge < -0.3 is 14.6 Å². The van der Waals surface area contributed by atoms with Gasteiger partial charge in [0.05, 0.1) is 0 Å². The third kappa shape index (κ3) is 5.49. The lowest BCUT2D eigenvalue weighted by Gasteiger charge is -2.45. The lowest BCUT2D eigenvalue weighted by molar-refractivity contribution is -0.157. The molecule has 7 nitrogen and oxygen atoms in total. The highest BCUT2D eigenvalue weighted by Crippen LogP contribution is 2.38. The fourth-order valence-electron chi connectivity index (χ4n) is 6.22. The van der Waals surface area contributed by atoms with Crippen LogP contribution >= 0.6 is 0 Å². The van der Waals surface area contributed by atoms with Crippen LogP contribution in [-0.2, 0) is 27.2 Å². The molecule has 7 heteroatoms. The fourth-order valence-corrected chi connectivity index (χ4v) is 6.22. The number of ketones is 1. The molecule has 3 aromatic rings. The smallest absolute Gasteiger partial charge is 0.247 e. The molecular formula is C32H39N3O4. The van der Waals surface area contributed by atoms with E-state index in [9.17, 15) is 14.4 Å². The molecule has 206 valence electrons. The van der Waals surface area contributed by atoms with Crippen LogP contribution < -0.4 is 5.32 Å². The van der Waals surface area contributed by atoms with Crippen molar-refractivity contribution in [1.29, 1.82) is 0 Å². The molecule has 1 saturated heterocycles. The van der Waals surface area contributed by atoms with Gasteiger partial charge in [0.25, 0.3) is 0 Å². The molecule has 2 amide bonds. The van der Waals surface area contributed by atoms with E-state index < -0.39 is 18.1 Å². The van der Waals surface area contributed by atoms with Crippen molar-refractivity contribution in [2.45, 2.75) is 85.4 Å². The zero-order valence-electron chi connectivity index (χ0n) is 23.8. The summed E-state index contributed by atoms with van der Waals surface area (Å²) in [6.45, 7) is 11.9. The van der Waals surface area contributed by atoms with Crippen LogP contribution in [-0.4, -0.2) is 39.6 Å². The predicted octanol–water partition coefficient (Wildman–Crippen LogP) is 5.34. The Morgan fingerprint density at radius 2 is 1.77 bits per heavy atom. The Hall–Kier alpha value is -3.48. The standard InChI is InChI=1S/C32H39N3O4/c1-18(2)13-25-30(37)34-28(23-14-20-9-7-8-10-21(20)15-23)31(38)35(25)29(26(36)17-32(4,5)6)22-11-12-24-27(16-22)39-19(3)33-24/h7-12,16,18,23,25,28-29H,13-15,17H2,1-6H3,(H,34,37)/t25-,28-,29-/m1/s1. The van der Waals surface area contributed by atoms with Gasteiger partial charge in [-0.15, -0.1) is 0 Å². The Bertz CT molecular complexity index is 1390. The SMILES string of the molecule is Cc1nc2ccc([C@H](C(=O)CC(C)(C)C)N3C(=O)[C@@H](C4Cc5ccccc5C4)NC(=O)[C@H]3CC(C)C)cc2o1. The van der Waals surface area contributed by atoms with Crippen molar-refractivity contribution in [1.82, 2.24) is 15.2 Å². The van der Waals surface area contributed by atoms with Crippen LogP contribution in [0.2, 0.25) is 0 Å². The van der Waals surface area contributed by atoms with Gasteiger partial charge in [0.2, 0.25) is 11.8 Å². The van der Waals surface area contributed by atoms with Crippen molar-refractivity contribution < 1.29 is 18.8 Å². The lowest BCUT2D eigenvalue weighted by Crippen LogP contribution is -2.66. The molecule has 2 aromatic carbocycles. The molecule has 1 N–H and O–H groups in total. The van der Waals surface area contributed by atoms with Crippen molar-refractivity contribution in [2.24, 2.45) is 17.3 Å². The van der Waals surface area contributed by atoms with Gasteiger partial charge in [-0.3, -0.25) is 14.4 Å². The monoisotopic (exact) mass is 529 g/mol. The number of aryl methyl sites for hydroxylation is 1. The molecule has 0 bridgehead atoms. The summed E-state index contributed by atoms with van der Waals surface area (Å²) in [5.41, 5.74) is 4.05. The van der Waals surface area contributed by atoms with E-state index in [0.717, 1.165) is 12.8 Å². The number of oxazole rings is 1. The summed E-state index contributed by atoms with van der Waals surface area (Å²) in [6, 6.07) is 11.4. The summed E-state index contributed by atoms with van der Waals surface area (Å²) >= 11 is 0. The van der Waals surface area contributed by atoms with Gasteiger partial charge >= 0.3 is 0 Å². The van der Waals surface area contributed by atoms with Gasteiger partial charge in [-0.05, 0) is 65.3 Å². The molecule has 0 radical (unpaired) electrons. The Balaban J connectivity index is 1.59. The normalized spacial score (nSPS) is 20.9. The van der Waals surface area contributed by atoms with Crippen LogP contribution in [0.15, 0.2) is 46.9 Å². The first-order valence-electron chi connectivity index (χ1n) is 14.0. The molecule has 0 unspecified atom stereocenters. The molecule has 39 heavy (non-hydrogen) atoms. The number of benzene rings is 2. The second kappa shape index (κ2) is 10.2. The first kappa shape index (κ1) is 27.1. The van der Waals surface area contributed by atoms with Crippen molar-refractivity contribution in [3.05, 3.63) is 65.0 Å². The highest BCUT2D eigenvalue weighted by atomic mass is 16.3. The van der Waals surface area contributed by atoms with Gasteiger partial charge in [-0.25, -0.2) is 4.98 Å². The summed E-state index contributed by atoms with van der Waals surface area (Å²) in [4.78, 5) is 48.4. The minimum Gasteiger partial charge on any atom is -0.441 e. The number of piperazine rings is 1. The number of carbonyl (C=O) groups is 3. The number of nitrogens with zero attached hydrogens (tertiary/aromatic N) is 2. The molecule has 2 aliphatic rings. The van der Waals surface area contributed by atoms with Crippen molar-refractivity contribution >= 4 is 28.7 Å². The van der Waals surface area contributed by atoms with Crippen LogP contribution in [0.1, 0.15) is 76.1 Å². The average molecular weight is 530 g/mol. The molecule has 5 rings (SSSR count). The van der Waals surface area contributed by atoms with Crippen molar-refractivity contribution in [3.8, 4) is 0 Å². The minimum absolute atomic E-state index is 0.0564. The van der Waals surface area contributed by atoms with Crippen LogP contribution in [0.3, 0.4) is 0 Å². The maximum absolute atomic E-state index is 14.5. The summed E-state index contributed by atoms with van der Waals surface area (Å²) in [7, 11) is 0. The number of Topliss-reactive ketones (excluding diaryl/α,β-unsaturated/α-hetero) is 1. The number of carbonyl (C=O) groups excluding carboxylic acids is 3. The van der Waals surface area contributed by atoms with Gasteiger partial charge in [-0.2, -0.15) is 0 Å². The second-order valence-corrected chi connectivity index (χ2v) is 12.9. The van der Waals surface area contributed by atoms with E-state index in [4.69, 9.17) is 4.42 Å². The highest BCUT2D eigenvalue weighted by molar-refractivity contribution is 6.01. The van der Waals surface area contributed by atoms with Gasteiger partial charge in [-0.1, -0.05) is 65.0 Å². The molecule has 0 spiro atoms. The number of hydrogen-bond acceptors (Lipinski definition) is 5. The summed E-state index contributed by atoms with van der Waals surface area (Å²) in [5, 5.41) is 3.08. The van der Waals surface area contributed by atoms with Crippen LogP contribution in [0.4, 0.5) is 0 Å². The van der Waals surface area contributed by atoms with E-state index in [0.29, 0.717) is 29.0 Å². The zero-order chi connectivity index (χ0) is 28.1. The zero-order valence-corrected chi connectivity index (χ0v) is 23.8. The van der Waals surface area contributed by atoms with Gasteiger partial charge in [0.1, 0.15) is 23.6 Å². The minimum atomic E-state index is -0.896. The van der Waals surface area contributed by atoms with E-state index in [1.54, 1.807) is 11.8 Å². The van der Waals surface area contributed by atoms with E-state index in [1.807, 2.05) is 65.0 Å². The molecular weight excluding hydrogens is 490 g/mol. The van der Waals surface area contributed by atoms with E-state index in [-0.39, 0.29) is 41.3 Å². The molecule has 1 aliphatic heterocycles. The second-order valence-electron chi connectivity index (χ2n) is 12.9. The number of rotatable bonds is 7. The van der Waals surface area contributed by atoms with Crippen molar-refractivity contribution in [3.63, 3.8) is 0 Å². The number of fused-ring (bicyclic) bond motifs is 2. The summed E-state index contributed by atoms with van der Waals surface area (Å²) in [5.74, 6) is 0.184. The summed E-state index contributed by atoms with van der Waals surface area (Å²) in [6.07, 6.45) is 2.18. The van der Waals surface area contributed by atoms with Crippen molar-refractivity contribution in [2.75, 3.05) is 0 Å². The fraction of sp³-hybridized carbons (Fsp3) is 0.500. The topological polar surface area (TPSA) is 92.5 Å². The maximum Gasteiger partial charge on any atom is 0.247 e. The lowest BCUT2D eigenvalue weighted by atomic mass is 9.83. The maximum atomic E-state index is 14.5. The Morgan fingerprint density at radius 3 is 2.38 bits per heavy atom. The quantitative estimate of drug-likeness (QED) is 0.446. The first-order chi connectivity index (χ1) is 18.4. The summed E-state index contributed by atoms with van der Waals surface area (Å²) < 4.78 is 5.80. The van der Waals surface area contributed by atoms with Crippen LogP contribution in [0, 0.1) is 24.2 Å². The largest absolute Gasteiger partial charge is 0.441 e. The average Bonchev–Trinajstić information content (AvgIpc) is 3.43. The highest BCUT2D eigenvalue weighted by Gasteiger charge is 2.49. The number of aromatic nitrogens is 1. The first-order valence-corrected chi connectivity index (χ1v) is 14.0. The van der Waals surface area contributed by atoms with E-state index in [1.165, 1.54) is 11.1 Å².